The number of carbonyl (C=O) groups is 1. The first-order valence-corrected chi connectivity index (χ1v) is 2.03. The normalized spacial score (nSPS) is 7.25. The zero-order valence-corrected chi connectivity index (χ0v) is 5.81. The van der Waals surface area contributed by atoms with Gasteiger partial charge in [-0.3, -0.25) is 4.79 Å². The third-order valence-electron chi connectivity index (χ3n) is 0.386. The predicted molar refractivity (Wildman–Crippen MR) is 28.4 cm³/mol. The Kier molecular flexibility index (Phi) is 7.32. The summed E-state index contributed by atoms with van der Waals surface area (Å²) in [5.74, 6) is -0.113. The maximum absolute atomic E-state index is 9.69. The smallest absolute Gasteiger partial charge is 0.504 e. The minimum absolute atomic E-state index is 0. The van der Waals surface area contributed by atoms with Crippen molar-refractivity contribution < 1.29 is 27.0 Å². The minimum atomic E-state index is -1.14. The molecule has 48 valence electrons. The number of nitrogens with two attached hydrogens (primary N) is 1. The van der Waals surface area contributed by atoms with Gasteiger partial charge in [0.1, 0.15) is 0 Å². The zero-order chi connectivity index (χ0) is 5.86. The molecule has 0 amide bonds. The number of rotatable bonds is 2. The van der Waals surface area contributed by atoms with E-state index in [1.165, 1.54) is 0 Å². The second kappa shape index (κ2) is 5.31. The first-order chi connectivity index (χ1) is 3.18. The van der Waals surface area contributed by atoms with Crippen LogP contribution in [0.25, 0.3) is 0 Å². The summed E-state index contributed by atoms with van der Waals surface area (Å²) in [6.45, 7) is 0. The number of carboxylic acid groups (broad SMARTS) is 1. The molecule has 0 atom stereocenters. The molecule has 0 heterocycles. The topological polar surface area (TPSA) is 63.3 Å². The second-order valence-electron chi connectivity index (χ2n) is 0.890. The average Bonchev–Trinajstić information content (AvgIpc) is 1.65. The molecule has 0 fully saturated rings. The van der Waals surface area contributed by atoms with Gasteiger partial charge in [-0.1, -0.05) is 0 Å². The SMILES string of the molecule is N[C-]([CH-]S)C(=O)O.[Fe+2]. The van der Waals surface area contributed by atoms with E-state index in [1.807, 2.05) is 0 Å². The van der Waals surface area contributed by atoms with Gasteiger partial charge in [-0.2, -0.15) is 0 Å². The first-order valence-electron chi connectivity index (χ1n) is 1.51. The van der Waals surface area contributed by atoms with Crippen LogP contribution in [-0.4, -0.2) is 11.1 Å². The molecule has 0 bridgehead atoms. The standard InChI is InChI=1S/C3H5NO2S.Fe/c4-2(1-7)3(5)6;/h1,7H,4H2,(H,5,6);/q-2;+2. The van der Waals surface area contributed by atoms with Gasteiger partial charge in [-0.25, -0.2) is 0 Å². The second-order valence-corrected chi connectivity index (χ2v) is 1.15. The predicted octanol–water partition coefficient (Wildman–Crippen LogP) is -0.349. The molecule has 0 aliphatic rings. The van der Waals surface area contributed by atoms with Crippen molar-refractivity contribution in [3.63, 3.8) is 0 Å². The van der Waals surface area contributed by atoms with Crippen LogP contribution in [0.1, 0.15) is 0 Å². The van der Waals surface area contributed by atoms with Crippen molar-refractivity contribution in [1.29, 1.82) is 0 Å². The summed E-state index contributed by atoms with van der Waals surface area (Å²) in [5.41, 5.74) is 4.80. The van der Waals surface area contributed by atoms with Gasteiger partial charge in [-0.05, 0) is 0 Å². The van der Waals surface area contributed by atoms with Crippen LogP contribution >= 0.6 is 12.6 Å². The van der Waals surface area contributed by atoms with E-state index in [0.717, 1.165) is 5.75 Å². The van der Waals surface area contributed by atoms with Gasteiger partial charge < -0.3 is 35.3 Å². The van der Waals surface area contributed by atoms with E-state index in [2.05, 4.69) is 12.6 Å². The van der Waals surface area contributed by atoms with Crippen LogP contribution in [0, 0.1) is 11.8 Å². The molecule has 0 unspecified atom stereocenters. The Morgan fingerprint density at radius 3 is 2.25 bits per heavy atom. The molecule has 5 heteroatoms. The summed E-state index contributed by atoms with van der Waals surface area (Å²) in [4.78, 5) is 9.69. The Bertz CT molecular complexity index is 79.7. The van der Waals surface area contributed by atoms with Crippen LogP contribution in [0.4, 0.5) is 0 Å². The molecule has 0 aromatic carbocycles. The maximum atomic E-state index is 9.69. The van der Waals surface area contributed by atoms with Crippen LogP contribution in [-0.2, 0) is 21.9 Å². The fraction of sp³-hybridized carbons (Fsp3) is 0. The number of aliphatic carboxylic acids is 1. The van der Waals surface area contributed by atoms with Gasteiger partial charge in [0.2, 0.25) is 0 Å². The first kappa shape index (κ1) is 11.0. The van der Waals surface area contributed by atoms with E-state index in [-0.39, 0.29) is 23.1 Å². The Morgan fingerprint density at radius 2 is 2.25 bits per heavy atom. The van der Waals surface area contributed by atoms with Crippen molar-refractivity contribution in [2.24, 2.45) is 5.73 Å². The summed E-state index contributed by atoms with van der Waals surface area (Å²) in [7, 11) is 0. The molecule has 0 aliphatic carbocycles. The van der Waals surface area contributed by atoms with Gasteiger partial charge in [0.25, 0.3) is 0 Å². The molecule has 0 rings (SSSR count). The van der Waals surface area contributed by atoms with Crippen molar-refractivity contribution in [3.05, 3.63) is 11.8 Å². The molecule has 0 saturated carbocycles. The average molecular weight is 175 g/mol. The molecule has 8 heavy (non-hydrogen) atoms. The van der Waals surface area contributed by atoms with Gasteiger partial charge in [0.15, 0.2) is 5.97 Å². The van der Waals surface area contributed by atoms with Crippen LogP contribution in [0.5, 0.6) is 0 Å². The molecule has 0 spiro atoms. The Hall–Kier alpha value is 0.169. The quantitative estimate of drug-likeness (QED) is 0.305. The molecule has 0 aromatic heterocycles. The van der Waals surface area contributed by atoms with E-state index in [9.17, 15) is 4.79 Å². The van der Waals surface area contributed by atoms with Gasteiger partial charge >= 0.3 is 17.1 Å². The number of hydrogen-bond acceptors (Lipinski definition) is 3. The molecule has 0 saturated heterocycles. The number of thiol groups is 1. The summed E-state index contributed by atoms with van der Waals surface area (Å²) >= 11 is 3.49. The van der Waals surface area contributed by atoms with Crippen LogP contribution in [0.3, 0.4) is 0 Å². The summed E-state index contributed by atoms with van der Waals surface area (Å²) < 4.78 is 0. The van der Waals surface area contributed by atoms with E-state index in [1.54, 1.807) is 0 Å². The summed E-state index contributed by atoms with van der Waals surface area (Å²) in [6, 6.07) is -0.247. The third kappa shape index (κ3) is 4.33. The minimum Gasteiger partial charge on any atom is -0.504 e. The third-order valence-corrected chi connectivity index (χ3v) is 0.664. The molecule has 3 N–H and O–H groups in total. The van der Waals surface area contributed by atoms with Gasteiger partial charge in [-0.15, -0.1) is 0 Å². The van der Waals surface area contributed by atoms with Crippen molar-refractivity contribution in [1.82, 2.24) is 0 Å². The van der Waals surface area contributed by atoms with Crippen LogP contribution in [0.15, 0.2) is 0 Å². The van der Waals surface area contributed by atoms with E-state index < -0.39 is 5.97 Å². The van der Waals surface area contributed by atoms with Gasteiger partial charge in [0, 0.05) is 0 Å². The van der Waals surface area contributed by atoms with Crippen molar-refractivity contribution in [3.8, 4) is 0 Å². The van der Waals surface area contributed by atoms with Crippen molar-refractivity contribution >= 4 is 18.6 Å². The Labute approximate surface area is 63.5 Å². The van der Waals surface area contributed by atoms with E-state index in [0.29, 0.717) is 0 Å². The fourth-order valence-corrected chi connectivity index (χ4v) is 0.166. The molecular weight excluding hydrogens is 170 g/mol. The molecule has 3 nitrogen and oxygen atoms in total. The maximum Gasteiger partial charge on any atom is 2.00 e. The zero-order valence-electron chi connectivity index (χ0n) is 3.81. The molecular formula is C3H5FeNO2S. The van der Waals surface area contributed by atoms with E-state index >= 15 is 0 Å². The largest absolute Gasteiger partial charge is 2.00 e. The van der Waals surface area contributed by atoms with E-state index in [4.69, 9.17) is 10.8 Å². The monoisotopic (exact) mass is 175 g/mol. The van der Waals surface area contributed by atoms with Crippen molar-refractivity contribution in [2.45, 2.75) is 0 Å². The summed E-state index contributed by atoms with van der Waals surface area (Å²) in [6.07, 6.45) is 0. The molecule has 0 aromatic rings. The van der Waals surface area contributed by atoms with Crippen LogP contribution in [0.2, 0.25) is 0 Å². The Balaban J connectivity index is 0. The Morgan fingerprint density at radius 1 is 1.88 bits per heavy atom. The number of hydrogen-bond donors (Lipinski definition) is 3. The molecule has 0 radical (unpaired) electrons. The van der Waals surface area contributed by atoms with Crippen LogP contribution < -0.4 is 5.73 Å². The fourth-order valence-electron chi connectivity index (χ4n) is 0.0552. The van der Waals surface area contributed by atoms with Crippen molar-refractivity contribution in [2.75, 3.05) is 0 Å². The molecule has 0 aliphatic heterocycles. The number of carboxylic acids is 1. The van der Waals surface area contributed by atoms with Gasteiger partial charge in [0.05, 0.1) is 0 Å². The summed E-state index contributed by atoms with van der Waals surface area (Å²) in [5, 5.41) is 7.94.